The van der Waals surface area contributed by atoms with E-state index in [1.807, 2.05) is 0 Å². The Morgan fingerprint density at radius 2 is 1.79 bits per heavy atom. The van der Waals surface area contributed by atoms with Gasteiger partial charge in [-0.25, -0.2) is 0 Å². The van der Waals surface area contributed by atoms with Crippen LogP contribution in [0, 0.1) is 10.1 Å². The summed E-state index contributed by atoms with van der Waals surface area (Å²) in [5, 5.41) is 13.6. The van der Waals surface area contributed by atoms with E-state index in [1.54, 1.807) is 24.3 Å². The zero-order valence-electron chi connectivity index (χ0n) is 15.0. The quantitative estimate of drug-likeness (QED) is 0.446. The summed E-state index contributed by atoms with van der Waals surface area (Å²) in [7, 11) is 1.32. The highest BCUT2D eigenvalue weighted by Gasteiger charge is 2.34. The van der Waals surface area contributed by atoms with E-state index in [2.05, 4.69) is 5.32 Å². The molecule has 9 nitrogen and oxygen atoms in total. The van der Waals surface area contributed by atoms with Gasteiger partial charge in [-0.05, 0) is 30.7 Å². The average Bonchev–Trinajstić information content (AvgIpc) is 2.93. The fourth-order valence-corrected chi connectivity index (χ4v) is 2.97. The van der Waals surface area contributed by atoms with Crippen LogP contribution in [0.15, 0.2) is 42.5 Å². The molecule has 0 aromatic heterocycles. The fraction of sp³-hybridized carbons (Fsp3) is 0.211. The Morgan fingerprint density at radius 1 is 1.14 bits per heavy atom. The number of ether oxygens (including phenoxy) is 1. The van der Waals surface area contributed by atoms with Gasteiger partial charge in [0.2, 0.25) is 5.91 Å². The highest BCUT2D eigenvalue weighted by molar-refractivity contribution is 6.21. The zero-order valence-corrected chi connectivity index (χ0v) is 15.0. The number of fused-ring (bicyclic) bond motifs is 1. The Labute approximate surface area is 160 Å². The number of hydrogen-bond donors (Lipinski definition) is 1. The first kappa shape index (κ1) is 19.0. The van der Waals surface area contributed by atoms with Crippen LogP contribution in [0.5, 0.6) is 5.75 Å². The third-order valence-electron chi connectivity index (χ3n) is 4.32. The monoisotopic (exact) mass is 383 g/mol. The van der Waals surface area contributed by atoms with E-state index < -0.39 is 4.92 Å². The minimum Gasteiger partial charge on any atom is -0.490 e. The third kappa shape index (κ3) is 3.68. The van der Waals surface area contributed by atoms with Crippen LogP contribution in [-0.4, -0.2) is 41.2 Å². The molecule has 3 rings (SSSR count). The molecule has 1 aliphatic heterocycles. The van der Waals surface area contributed by atoms with Gasteiger partial charge in [0, 0.05) is 24.7 Å². The number of hydrogen-bond acceptors (Lipinski definition) is 6. The Bertz CT molecular complexity index is 937. The average molecular weight is 383 g/mol. The summed E-state index contributed by atoms with van der Waals surface area (Å²) >= 11 is 0. The van der Waals surface area contributed by atoms with Crippen molar-refractivity contribution in [2.75, 3.05) is 19.0 Å². The Kier molecular flexibility index (Phi) is 5.35. The Hall–Kier alpha value is -3.75. The predicted octanol–water partition coefficient (Wildman–Crippen LogP) is 2.62. The van der Waals surface area contributed by atoms with Gasteiger partial charge in [-0.1, -0.05) is 12.1 Å². The second kappa shape index (κ2) is 7.87. The summed E-state index contributed by atoms with van der Waals surface area (Å²) < 4.78 is 4.91. The summed E-state index contributed by atoms with van der Waals surface area (Å²) in [6.07, 6.45) is 0.322. The van der Waals surface area contributed by atoms with Gasteiger partial charge in [-0.3, -0.25) is 29.4 Å². The lowest BCUT2D eigenvalue weighted by molar-refractivity contribution is -0.385. The standard InChI is InChI=1S/C19H17N3O6/c1-28-16-9-8-12(11-15(16)22(26)27)20-17(23)7-4-10-21-18(24)13-5-2-3-6-14(13)19(21)25/h2-3,5-6,8-9,11H,4,7,10H2,1H3,(H,20,23). The van der Waals surface area contributed by atoms with Crippen molar-refractivity contribution in [2.24, 2.45) is 0 Å². The minimum absolute atomic E-state index is 0.0488. The van der Waals surface area contributed by atoms with Crippen LogP contribution >= 0.6 is 0 Å². The molecular formula is C19H17N3O6. The maximum absolute atomic E-state index is 12.3. The number of rotatable bonds is 7. The van der Waals surface area contributed by atoms with Gasteiger partial charge in [0.1, 0.15) is 0 Å². The van der Waals surface area contributed by atoms with Crippen LogP contribution in [0.2, 0.25) is 0 Å². The van der Waals surface area contributed by atoms with Gasteiger partial charge in [0.25, 0.3) is 11.8 Å². The molecule has 3 amide bonds. The number of carbonyl (C=O) groups excluding carboxylic acids is 3. The first-order valence-electron chi connectivity index (χ1n) is 8.50. The minimum atomic E-state index is -0.600. The van der Waals surface area contributed by atoms with Crippen LogP contribution < -0.4 is 10.1 Å². The molecule has 9 heteroatoms. The number of nitrogens with one attached hydrogen (secondary N) is 1. The normalized spacial score (nSPS) is 12.7. The van der Waals surface area contributed by atoms with Crippen molar-refractivity contribution in [3.05, 3.63) is 63.7 Å². The van der Waals surface area contributed by atoms with Crippen molar-refractivity contribution in [1.82, 2.24) is 4.90 Å². The molecule has 0 aliphatic carbocycles. The van der Waals surface area contributed by atoms with Crippen LogP contribution in [0.3, 0.4) is 0 Å². The van der Waals surface area contributed by atoms with Crippen molar-refractivity contribution >= 4 is 29.1 Å². The van der Waals surface area contributed by atoms with Crippen LogP contribution in [-0.2, 0) is 4.79 Å². The van der Waals surface area contributed by atoms with Gasteiger partial charge >= 0.3 is 5.69 Å². The Balaban J connectivity index is 1.56. The molecule has 0 fully saturated rings. The third-order valence-corrected chi connectivity index (χ3v) is 4.32. The smallest absolute Gasteiger partial charge is 0.312 e. The topological polar surface area (TPSA) is 119 Å². The lowest BCUT2D eigenvalue weighted by Crippen LogP contribution is -2.31. The number of carbonyl (C=O) groups is 3. The summed E-state index contributed by atoms with van der Waals surface area (Å²) in [6.45, 7) is 0.114. The van der Waals surface area contributed by atoms with Crippen molar-refractivity contribution in [3.8, 4) is 5.75 Å². The number of imide groups is 1. The van der Waals surface area contributed by atoms with E-state index in [-0.39, 0.29) is 54.2 Å². The second-order valence-electron chi connectivity index (χ2n) is 6.10. The number of nitro groups is 1. The number of amides is 3. The van der Waals surface area contributed by atoms with Crippen molar-refractivity contribution in [2.45, 2.75) is 12.8 Å². The maximum atomic E-state index is 12.3. The zero-order chi connectivity index (χ0) is 20.3. The van der Waals surface area contributed by atoms with E-state index >= 15 is 0 Å². The highest BCUT2D eigenvalue weighted by atomic mass is 16.6. The molecule has 0 unspecified atom stereocenters. The summed E-state index contributed by atoms with van der Waals surface area (Å²) in [5.74, 6) is -1.02. The molecule has 0 saturated heterocycles. The van der Waals surface area contributed by atoms with Crippen molar-refractivity contribution in [3.63, 3.8) is 0 Å². The molecule has 1 heterocycles. The summed E-state index contributed by atoms with van der Waals surface area (Å²) in [5.41, 5.74) is 0.731. The lowest BCUT2D eigenvalue weighted by Gasteiger charge is -2.13. The van der Waals surface area contributed by atoms with Crippen LogP contribution in [0.1, 0.15) is 33.6 Å². The van der Waals surface area contributed by atoms with Crippen molar-refractivity contribution in [1.29, 1.82) is 0 Å². The summed E-state index contributed by atoms with van der Waals surface area (Å²) in [4.78, 5) is 48.2. The number of nitrogens with zero attached hydrogens (tertiary/aromatic N) is 2. The molecule has 2 aromatic carbocycles. The predicted molar refractivity (Wildman–Crippen MR) is 99.3 cm³/mol. The molecule has 1 aliphatic rings. The fourth-order valence-electron chi connectivity index (χ4n) is 2.97. The Morgan fingerprint density at radius 3 is 2.36 bits per heavy atom. The molecule has 28 heavy (non-hydrogen) atoms. The number of anilines is 1. The molecule has 0 saturated carbocycles. The van der Waals surface area contributed by atoms with Crippen LogP contribution in [0.4, 0.5) is 11.4 Å². The lowest BCUT2D eigenvalue weighted by atomic mass is 10.1. The molecule has 1 N–H and O–H groups in total. The van der Waals surface area contributed by atoms with Gasteiger partial charge in [0.15, 0.2) is 5.75 Å². The largest absolute Gasteiger partial charge is 0.490 e. The van der Waals surface area contributed by atoms with E-state index in [4.69, 9.17) is 4.74 Å². The van der Waals surface area contributed by atoms with E-state index in [0.717, 1.165) is 4.90 Å². The molecule has 144 valence electrons. The molecule has 0 atom stereocenters. The van der Waals surface area contributed by atoms with Gasteiger partial charge in [-0.15, -0.1) is 0 Å². The number of nitro benzene ring substituents is 1. The highest BCUT2D eigenvalue weighted by Crippen LogP contribution is 2.29. The first-order chi connectivity index (χ1) is 13.4. The second-order valence-corrected chi connectivity index (χ2v) is 6.10. The molecular weight excluding hydrogens is 366 g/mol. The van der Waals surface area contributed by atoms with Crippen molar-refractivity contribution < 1.29 is 24.0 Å². The maximum Gasteiger partial charge on any atom is 0.312 e. The first-order valence-corrected chi connectivity index (χ1v) is 8.50. The SMILES string of the molecule is COc1ccc(NC(=O)CCCN2C(=O)c3ccccc3C2=O)cc1[N+](=O)[O-]. The van der Waals surface area contributed by atoms with Gasteiger partial charge in [-0.2, -0.15) is 0 Å². The summed E-state index contributed by atoms with van der Waals surface area (Å²) in [6, 6.07) is 10.7. The van der Waals surface area contributed by atoms with Gasteiger partial charge < -0.3 is 10.1 Å². The van der Waals surface area contributed by atoms with E-state index in [0.29, 0.717) is 11.1 Å². The number of methoxy groups -OCH3 is 1. The molecule has 0 bridgehead atoms. The van der Waals surface area contributed by atoms with Crippen LogP contribution in [0.25, 0.3) is 0 Å². The van der Waals surface area contributed by atoms with Gasteiger partial charge in [0.05, 0.1) is 23.2 Å². The molecule has 0 spiro atoms. The molecule has 2 aromatic rings. The van der Waals surface area contributed by atoms with E-state index in [1.165, 1.54) is 25.3 Å². The number of benzene rings is 2. The molecule has 0 radical (unpaired) electrons. The van der Waals surface area contributed by atoms with E-state index in [9.17, 15) is 24.5 Å².